The summed E-state index contributed by atoms with van der Waals surface area (Å²) in [5.41, 5.74) is 2.51. The van der Waals surface area contributed by atoms with Crippen LogP contribution in [0.3, 0.4) is 0 Å². The largest absolute Gasteiger partial charge is 0.353 e. The molecule has 0 saturated carbocycles. The molecule has 7 nitrogen and oxygen atoms in total. The Morgan fingerprint density at radius 3 is 2.42 bits per heavy atom. The van der Waals surface area contributed by atoms with E-state index in [2.05, 4.69) is 24.1 Å². The Labute approximate surface area is 198 Å². The molecule has 0 radical (unpaired) electrons. The second-order valence-corrected chi connectivity index (χ2v) is 9.82. The zero-order valence-corrected chi connectivity index (χ0v) is 20.6. The SMILES string of the molecule is CC(=O)N1CCCCCCCN(CCC(C)C)Cc2cc(C(=O)N3CCNC(=O)C3)ccc21. The fraction of sp³-hybridized carbons (Fsp3) is 0.654. The number of carbonyl (C=O) groups excluding carboxylic acids is 3. The minimum Gasteiger partial charge on any atom is -0.353 e. The molecule has 1 fully saturated rings. The molecule has 1 aromatic carbocycles. The Hall–Kier alpha value is -2.41. The van der Waals surface area contributed by atoms with Crippen LogP contribution in [0.1, 0.15) is 75.2 Å². The molecule has 0 aromatic heterocycles. The van der Waals surface area contributed by atoms with Crippen molar-refractivity contribution in [2.45, 2.75) is 65.8 Å². The second kappa shape index (κ2) is 12.2. The van der Waals surface area contributed by atoms with Crippen molar-refractivity contribution in [3.8, 4) is 0 Å². The summed E-state index contributed by atoms with van der Waals surface area (Å²) < 4.78 is 0. The number of benzene rings is 1. The molecule has 1 saturated heterocycles. The van der Waals surface area contributed by atoms with Gasteiger partial charge in [-0.15, -0.1) is 0 Å². The van der Waals surface area contributed by atoms with Crippen LogP contribution in [0.5, 0.6) is 0 Å². The van der Waals surface area contributed by atoms with Gasteiger partial charge in [0, 0.05) is 44.4 Å². The van der Waals surface area contributed by atoms with Crippen LogP contribution in [0.4, 0.5) is 5.69 Å². The summed E-state index contributed by atoms with van der Waals surface area (Å²) >= 11 is 0. The predicted octanol–water partition coefficient (Wildman–Crippen LogP) is 3.42. The summed E-state index contributed by atoms with van der Waals surface area (Å²) in [5, 5.41) is 2.77. The van der Waals surface area contributed by atoms with Crippen molar-refractivity contribution in [3.05, 3.63) is 29.3 Å². The molecular weight excluding hydrogens is 416 g/mol. The number of hydrogen-bond donors (Lipinski definition) is 1. The van der Waals surface area contributed by atoms with Crippen molar-refractivity contribution in [3.63, 3.8) is 0 Å². The first kappa shape index (κ1) is 25.2. The van der Waals surface area contributed by atoms with E-state index in [0.29, 0.717) is 37.7 Å². The van der Waals surface area contributed by atoms with Crippen molar-refractivity contribution < 1.29 is 14.4 Å². The molecule has 1 N–H and O–H groups in total. The van der Waals surface area contributed by atoms with Crippen molar-refractivity contribution >= 4 is 23.4 Å². The molecule has 2 aliphatic rings. The van der Waals surface area contributed by atoms with E-state index in [1.54, 1.807) is 11.8 Å². The third-order valence-corrected chi connectivity index (χ3v) is 6.60. The van der Waals surface area contributed by atoms with Gasteiger partial charge in [0.05, 0.1) is 6.54 Å². The first-order valence-electron chi connectivity index (χ1n) is 12.5. The number of carbonyl (C=O) groups is 3. The fourth-order valence-electron chi connectivity index (χ4n) is 4.64. The van der Waals surface area contributed by atoms with Crippen molar-refractivity contribution in [2.75, 3.05) is 44.2 Å². The van der Waals surface area contributed by atoms with Gasteiger partial charge < -0.3 is 15.1 Å². The van der Waals surface area contributed by atoms with Gasteiger partial charge in [0.2, 0.25) is 11.8 Å². The van der Waals surface area contributed by atoms with E-state index in [4.69, 9.17) is 0 Å². The number of fused-ring (bicyclic) bond motifs is 1. The quantitative estimate of drug-likeness (QED) is 0.754. The molecular formula is C26H40N4O3. The molecule has 0 spiro atoms. The van der Waals surface area contributed by atoms with Crippen LogP contribution in [0.25, 0.3) is 0 Å². The van der Waals surface area contributed by atoms with Crippen LogP contribution in [0.15, 0.2) is 18.2 Å². The highest BCUT2D eigenvalue weighted by atomic mass is 16.2. The van der Waals surface area contributed by atoms with Crippen LogP contribution in [0, 0.1) is 5.92 Å². The summed E-state index contributed by atoms with van der Waals surface area (Å²) in [4.78, 5) is 43.5. The van der Waals surface area contributed by atoms with Crippen molar-refractivity contribution in [2.24, 2.45) is 5.92 Å². The molecule has 3 rings (SSSR count). The van der Waals surface area contributed by atoms with E-state index in [1.807, 2.05) is 23.1 Å². The summed E-state index contributed by atoms with van der Waals surface area (Å²) in [6.45, 7) is 10.6. The van der Waals surface area contributed by atoms with Gasteiger partial charge in [0.15, 0.2) is 0 Å². The maximum atomic E-state index is 13.2. The molecule has 2 heterocycles. The van der Waals surface area contributed by atoms with Gasteiger partial charge in [-0.1, -0.05) is 33.1 Å². The van der Waals surface area contributed by atoms with Crippen molar-refractivity contribution in [1.29, 1.82) is 0 Å². The average Bonchev–Trinajstić information content (AvgIpc) is 2.77. The average molecular weight is 457 g/mol. The lowest BCUT2D eigenvalue weighted by Gasteiger charge is -2.30. The van der Waals surface area contributed by atoms with Gasteiger partial charge >= 0.3 is 0 Å². The van der Waals surface area contributed by atoms with E-state index in [-0.39, 0.29) is 24.3 Å². The molecule has 1 aromatic rings. The standard InChI is InChI=1S/C26H40N4O3/c1-20(2)11-15-28-13-7-5-4-6-8-14-30(21(3)31)24-10-9-22(17-23(24)18-28)26(33)29-16-12-27-25(32)19-29/h9-10,17,20H,4-8,11-16,18-19H2,1-3H3,(H,27,32). The lowest BCUT2D eigenvalue weighted by Crippen LogP contribution is -2.50. The summed E-state index contributed by atoms with van der Waals surface area (Å²) in [5.74, 6) is 0.414. The van der Waals surface area contributed by atoms with Gasteiger partial charge in [0.25, 0.3) is 5.91 Å². The van der Waals surface area contributed by atoms with Crippen LogP contribution in [-0.2, 0) is 16.1 Å². The molecule has 0 bridgehead atoms. The van der Waals surface area contributed by atoms with Gasteiger partial charge in [0.1, 0.15) is 0 Å². The van der Waals surface area contributed by atoms with E-state index < -0.39 is 0 Å². The lowest BCUT2D eigenvalue weighted by molar-refractivity contribution is -0.123. The molecule has 3 amide bonds. The molecule has 0 aliphatic carbocycles. The summed E-state index contributed by atoms with van der Waals surface area (Å²) in [7, 11) is 0. The highest BCUT2D eigenvalue weighted by Gasteiger charge is 2.25. The molecule has 0 unspecified atom stereocenters. The number of piperazine rings is 1. The van der Waals surface area contributed by atoms with Gasteiger partial charge in [-0.3, -0.25) is 19.3 Å². The van der Waals surface area contributed by atoms with Gasteiger partial charge in [-0.05, 0) is 62.0 Å². The Morgan fingerprint density at radius 2 is 1.73 bits per heavy atom. The van der Waals surface area contributed by atoms with Gasteiger partial charge in [-0.25, -0.2) is 0 Å². The summed E-state index contributed by atoms with van der Waals surface area (Å²) in [6, 6.07) is 5.70. The Morgan fingerprint density at radius 1 is 1.00 bits per heavy atom. The molecule has 0 atom stereocenters. The third kappa shape index (κ3) is 7.29. The maximum absolute atomic E-state index is 13.2. The van der Waals surface area contributed by atoms with Crippen molar-refractivity contribution in [1.82, 2.24) is 15.1 Å². The first-order valence-corrected chi connectivity index (χ1v) is 12.5. The number of nitrogens with zero attached hydrogens (tertiary/aromatic N) is 3. The van der Waals surface area contributed by atoms with E-state index >= 15 is 0 Å². The Balaban J connectivity index is 1.93. The molecule has 7 heteroatoms. The van der Waals surface area contributed by atoms with Crippen LogP contribution >= 0.6 is 0 Å². The Bertz CT molecular complexity index is 839. The molecule has 33 heavy (non-hydrogen) atoms. The number of rotatable bonds is 4. The lowest BCUT2D eigenvalue weighted by atomic mass is 10.0. The highest BCUT2D eigenvalue weighted by Crippen LogP contribution is 2.27. The zero-order valence-electron chi connectivity index (χ0n) is 20.6. The number of anilines is 1. The monoisotopic (exact) mass is 456 g/mol. The smallest absolute Gasteiger partial charge is 0.254 e. The van der Waals surface area contributed by atoms with Crippen LogP contribution in [-0.4, -0.2) is 66.8 Å². The highest BCUT2D eigenvalue weighted by molar-refractivity contribution is 5.98. The van der Waals surface area contributed by atoms with E-state index in [1.165, 1.54) is 19.3 Å². The molecule has 2 aliphatic heterocycles. The van der Waals surface area contributed by atoms with E-state index in [9.17, 15) is 14.4 Å². The zero-order chi connectivity index (χ0) is 23.8. The van der Waals surface area contributed by atoms with Gasteiger partial charge in [-0.2, -0.15) is 0 Å². The number of hydrogen-bond acceptors (Lipinski definition) is 4. The predicted molar refractivity (Wildman–Crippen MR) is 131 cm³/mol. The van der Waals surface area contributed by atoms with E-state index in [0.717, 1.165) is 43.6 Å². The Kier molecular flexibility index (Phi) is 9.30. The maximum Gasteiger partial charge on any atom is 0.254 e. The first-order chi connectivity index (χ1) is 15.8. The topological polar surface area (TPSA) is 73.0 Å². The summed E-state index contributed by atoms with van der Waals surface area (Å²) in [6.07, 6.45) is 6.81. The minimum absolute atomic E-state index is 0.0359. The van der Waals surface area contributed by atoms with Crippen LogP contribution in [0.2, 0.25) is 0 Å². The minimum atomic E-state index is -0.123. The number of amides is 3. The fourth-order valence-corrected chi connectivity index (χ4v) is 4.64. The third-order valence-electron chi connectivity index (χ3n) is 6.60. The number of nitrogens with one attached hydrogen (secondary N) is 1. The normalized spacial score (nSPS) is 18.8. The molecule has 182 valence electrons. The van der Waals surface area contributed by atoms with Crippen LogP contribution < -0.4 is 10.2 Å². The second-order valence-electron chi connectivity index (χ2n) is 9.82.